The van der Waals surface area contributed by atoms with E-state index in [1.54, 1.807) is 37.5 Å². The first-order valence-electron chi connectivity index (χ1n) is 7.53. The van der Waals surface area contributed by atoms with E-state index in [1.807, 2.05) is 6.07 Å². The smallest absolute Gasteiger partial charge is 0.335 e. The Kier molecular flexibility index (Phi) is 5.93. The molecular weight excluding hydrogens is 340 g/mol. The average Bonchev–Trinajstić information content (AvgIpc) is 2.55. The van der Waals surface area contributed by atoms with Crippen molar-refractivity contribution >= 4 is 34.4 Å². The van der Waals surface area contributed by atoms with Gasteiger partial charge in [-0.05, 0) is 43.2 Å². The van der Waals surface area contributed by atoms with Crippen molar-refractivity contribution in [3.63, 3.8) is 0 Å². The van der Waals surface area contributed by atoms with Crippen molar-refractivity contribution in [1.29, 1.82) is 0 Å². The quantitative estimate of drug-likeness (QED) is 0.824. The van der Waals surface area contributed by atoms with Crippen LogP contribution in [-0.4, -0.2) is 31.8 Å². The zero-order chi connectivity index (χ0) is 18.4. The number of nitrogens with zero attached hydrogens (tertiary/aromatic N) is 1. The number of anilines is 1. The molecule has 1 amide bonds. The zero-order valence-electron chi connectivity index (χ0n) is 13.9. The molecule has 0 spiro atoms. The number of aromatic carboxylic acids is 1. The first-order valence-corrected chi connectivity index (χ1v) is 8.35. The minimum Gasteiger partial charge on any atom is -0.478 e. The number of carboxylic acid groups (broad SMARTS) is 1. The molecule has 1 atom stereocenters. The van der Waals surface area contributed by atoms with Gasteiger partial charge in [0.25, 0.3) is 0 Å². The average molecular weight is 358 g/mol. The molecule has 25 heavy (non-hydrogen) atoms. The van der Waals surface area contributed by atoms with Crippen LogP contribution in [0.25, 0.3) is 0 Å². The molecule has 0 saturated carbocycles. The molecule has 2 rings (SSSR count). The Hall–Kier alpha value is -2.67. The monoisotopic (exact) mass is 358 g/mol. The Labute approximate surface area is 149 Å². The molecule has 1 unspecified atom stereocenters. The number of hydrogen-bond donors (Lipinski definition) is 2. The Morgan fingerprint density at radius 3 is 2.60 bits per heavy atom. The number of carbonyl (C=O) groups excluding carboxylic acids is 2. The molecule has 0 bridgehead atoms. The van der Waals surface area contributed by atoms with Crippen molar-refractivity contribution < 1.29 is 19.5 Å². The third kappa shape index (κ3) is 5.15. The fourth-order valence-electron chi connectivity index (χ4n) is 2.37. The summed E-state index contributed by atoms with van der Waals surface area (Å²) in [5, 5.41) is 11.6. The van der Waals surface area contributed by atoms with Gasteiger partial charge in [-0.3, -0.25) is 14.6 Å². The molecule has 0 aliphatic carbocycles. The highest BCUT2D eigenvalue weighted by atomic mass is 32.2. The minimum absolute atomic E-state index is 0.0750. The van der Waals surface area contributed by atoms with E-state index in [0.29, 0.717) is 12.1 Å². The minimum atomic E-state index is -1.08. The van der Waals surface area contributed by atoms with Gasteiger partial charge >= 0.3 is 5.97 Å². The predicted octanol–water partition coefficient (Wildman–Crippen LogP) is 3.00. The number of amides is 1. The Bertz CT molecular complexity index is 795. The van der Waals surface area contributed by atoms with Crippen molar-refractivity contribution in [1.82, 2.24) is 4.98 Å². The van der Waals surface area contributed by atoms with Gasteiger partial charge in [0.2, 0.25) is 5.91 Å². The molecule has 7 heteroatoms. The van der Waals surface area contributed by atoms with E-state index in [2.05, 4.69) is 10.3 Å². The second-order valence-corrected chi connectivity index (χ2v) is 7.38. The summed E-state index contributed by atoms with van der Waals surface area (Å²) in [6.07, 6.45) is 3.60. The topological polar surface area (TPSA) is 96.4 Å². The van der Waals surface area contributed by atoms with Crippen LogP contribution in [0.15, 0.2) is 48.8 Å². The first kappa shape index (κ1) is 18.7. The highest BCUT2D eigenvalue weighted by Crippen LogP contribution is 2.31. The second-order valence-electron chi connectivity index (χ2n) is 5.70. The maximum atomic E-state index is 12.8. The predicted molar refractivity (Wildman–Crippen MR) is 96.6 cm³/mol. The molecule has 0 saturated heterocycles. The third-order valence-electron chi connectivity index (χ3n) is 3.48. The number of carboxylic acids is 1. The molecule has 0 aliphatic rings. The van der Waals surface area contributed by atoms with E-state index in [-0.39, 0.29) is 16.6 Å². The normalized spacial score (nSPS) is 12.9. The molecule has 1 heterocycles. The fraction of sp³-hybridized carbons (Fsp3) is 0.222. The number of nitrogens with one attached hydrogen (secondary N) is 1. The summed E-state index contributed by atoms with van der Waals surface area (Å²) in [6, 6.07) is 9.58. The van der Waals surface area contributed by atoms with Gasteiger partial charge in [0, 0.05) is 25.0 Å². The number of hydrogen-bond acceptors (Lipinski definition) is 5. The molecule has 130 valence electrons. The van der Waals surface area contributed by atoms with Gasteiger partial charge in [0.1, 0.15) is 4.75 Å². The summed E-state index contributed by atoms with van der Waals surface area (Å²) in [6.45, 7) is 3.09. The molecule has 0 radical (unpaired) electrons. The van der Waals surface area contributed by atoms with Crippen LogP contribution in [0.3, 0.4) is 0 Å². The zero-order valence-corrected chi connectivity index (χ0v) is 14.7. The van der Waals surface area contributed by atoms with Crippen molar-refractivity contribution in [3.8, 4) is 0 Å². The van der Waals surface area contributed by atoms with Crippen LogP contribution in [0.2, 0.25) is 0 Å². The molecule has 1 aromatic carbocycles. The van der Waals surface area contributed by atoms with Crippen LogP contribution in [0.5, 0.6) is 0 Å². The van der Waals surface area contributed by atoms with Crippen molar-refractivity contribution in [3.05, 3.63) is 59.9 Å². The third-order valence-corrected chi connectivity index (χ3v) is 4.55. The van der Waals surface area contributed by atoms with Crippen LogP contribution in [-0.2, 0) is 16.0 Å². The van der Waals surface area contributed by atoms with Gasteiger partial charge in [-0.25, -0.2) is 4.79 Å². The standard InChI is InChI=1S/C18H18N2O4S/c1-12(21)25-18(2,10-13-5-4-8-19-11-13)17(24)20-15-7-3-6-14(9-15)16(22)23/h3-9,11H,10H2,1-2H3,(H,20,24)(H,22,23). The van der Waals surface area contributed by atoms with Crippen molar-refractivity contribution in [2.45, 2.75) is 25.0 Å². The van der Waals surface area contributed by atoms with Crippen LogP contribution < -0.4 is 5.32 Å². The van der Waals surface area contributed by atoms with E-state index in [0.717, 1.165) is 17.3 Å². The van der Waals surface area contributed by atoms with Crippen molar-refractivity contribution in [2.24, 2.45) is 0 Å². The van der Waals surface area contributed by atoms with Crippen LogP contribution in [0, 0.1) is 0 Å². The van der Waals surface area contributed by atoms with Gasteiger partial charge in [0.15, 0.2) is 5.12 Å². The van der Waals surface area contributed by atoms with Gasteiger partial charge in [-0.1, -0.05) is 23.9 Å². The largest absolute Gasteiger partial charge is 0.478 e. The SMILES string of the molecule is CC(=O)SC(C)(Cc1cccnc1)C(=O)Nc1cccc(C(=O)O)c1. The lowest BCUT2D eigenvalue weighted by atomic mass is 10.0. The summed E-state index contributed by atoms with van der Waals surface area (Å²) in [5.41, 5.74) is 1.27. The van der Waals surface area contributed by atoms with E-state index in [4.69, 9.17) is 5.11 Å². The summed E-state index contributed by atoms with van der Waals surface area (Å²) >= 11 is 0.940. The Morgan fingerprint density at radius 2 is 2.00 bits per heavy atom. The maximum absolute atomic E-state index is 12.8. The van der Waals surface area contributed by atoms with Gasteiger partial charge < -0.3 is 10.4 Å². The second kappa shape index (κ2) is 7.94. The molecule has 0 aliphatic heterocycles. The number of benzene rings is 1. The summed E-state index contributed by atoms with van der Waals surface area (Å²) in [4.78, 5) is 39.5. The van der Waals surface area contributed by atoms with Gasteiger partial charge in [0.05, 0.1) is 5.56 Å². The molecule has 0 fully saturated rings. The number of carbonyl (C=O) groups is 3. The van der Waals surface area contributed by atoms with Crippen LogP contribution in [0.4, 0.5) is 5.69 Å². The summed E-state index contributed by atoms with van der Waals surface area (Å²) in [7, 11) is 0. The fourth-order valence-corrected chi connectivity index (χ4v) is 3.38. The molecule has 1 aromatic heterocycles. The number of pyridine rings is 1. The lowest BCUT2D eigenvalue weighted by molar-refractivity contribution is -0.118. The van der Waals surface area contributed by atoms with Crippen LogP contribution in [0.1, 0.15) is 29.8 Å². The van der Waals surface area contributed by atoms with E-state index < -0.39 is 10.7 Å². The van der Waals surface area contributed by atoms with Crippen molar-refractivity contribution in [2.75, 3.05) is 5.32 Å². The highest BCUT2D eigenvalue weighted by molar-refractivity contribution is 8.15. The van der Waals surface area contributed by atoms with Gasteiger partial charge in [-0.2, -0.15) is 0 Å². The van der Waals surface area contributed by atoms with E-state index in [1.165, 1.54) is 19.1 Å². The molecule has 2 N–H and O–H groups in total. The summed E-state index contributed by atoms with van der Waals surface area (Å²) in [5.74, 6) is -1.45. The summed E-state index contributed by atoms with van der Waals surface area (Å²) < 4.78 is -1.05. The van der Waals surface area contributed by atoms with E-state index >= 15 is 0 Å². The first-order chi connectivity index (χ1) is 11.8. The molecule has 2 aromatic rings. The Balaban J connectivity index is 2.24. The Morgan fingerprint density at radius 1 is 1.24 bits per heavy atom. The maximum Gasteiger partial charge on any atom is 0.335 e. The molecular formula is C18H18N2O4S. The lowest BCUT2D eigenvalue weighted by Crippen LogP contribution is -2.40. The number of thioether (sulfide) groups is 1. The number of aromatic nitrogens is 1. The number of rotatable bonds is 6. The van der Waals surface area contributed by atoms with E-state index in [9.17, 15) is 14.4 Å². The highest BCUT2D eigenvalue weighted by Gasteiger charge is 2.36. The molecule has 6 nitrogen and oxygen atoms in total. The van der Waals surface area contributed by atoms with Gasteiger partial charge in [-0.15, -0.1) is 0 Å². The lowest BCUT2D eigenvalue weighted by Gasteiger charge is -2.26. The van der Waals surface area contributed by atoms with Crippen LogP contribution >= 0.6 is 11.8 Å².